The standard InChI is InChI=1S/C7H16O2.C2H6O2/c1-4-8-5-6-9-7(2)3;3-1-2-4/h7H,4-6H2,1-3H3;3-4H,1-2H2. The Morgan fingerprint density at radius 2 is 1.62 bits per heavy atom. The number of rotatable bonds is 6. The first-order chi connectivity index (χ1) is 6.18. The minimum absolute atomic E-state index is 0.125. The van der Waals surface area contributed by atoms with Gasteiger partial charge in [-0.25, -0.2) is 0 Å². The first kappa shape index (κ1) is 15.3. The summed E-state index contributed by atoms with van der Waals surface area (Å²) in [6, 6.07) is 0. The van der Waals surface area contributed by atoms with E-state index in [9.17, 15) is 0 Å². The molecule has 13 heavy (non-hydrogen) atoms. The van der Waals surface area contributed by atoms with Crippen molar-refractivity contribution in [2.24, 2.45) is 0 Å². The molecule has 0 fully saturated rings. The summed E-state index contributed by atoms with van der Waals surface area (Å²) in [5, 5.41) is 15.2. The Balaban J connectivity index is 0. The molecular weight excluding hydrogens is 172 g/mol. The maximum absolute atomic E-state index is 7.62. The number of ether oxygens (including phenoxy) is 2. The Morgan fingerprint density at radius 3 is 1.92 bits per heavy atom. The third kappa shape index (κ3) is 24.5. The van der Waals surface area contributed by atoms with Gasteiger partial charge in [-0.15, -0.1) is 0 Å². The zero-order chi connectivity index (χ0) is 10.5. The molecule has 4 heteroatoms. The van der Waals surface area contributed by atoms with Gasteiger partial charge in [-0.05, 0) is 20.8 Å². The van der Waals surface area contributed by atoms with Gasteiger partial charge in [0, 0.05) is 6.61 Å². The molecule has 4 nitrogen and oxygen atoms in total. The van der Waals surface area contributed by atoms with Crippen LogP contribution in [0.1, 0.15) is 20.8 Å². The van der Waals surface area contributed by atoms with Gasteiger partial charge in [0.15, 0.2) is 0 Å². The van der Waals surface area contributed by atoms with Crippen molar-refractivity contribution in [3.63, 3.8) is 0 Å². The van der Waals surface area contributed by atoms with Crippen molar-refractivity contribution >= 4 is 0 Å². The molecule has 0 rings (SSSR count). The Hall–Kier alpha value is -0.160. The van der Waals surface area contributed by atoms with Crippen molar-refractivity contribution in [3.05, 3.63) is 0 Å². The Morgan fingerprint density at radius 1 is 1.08 bits per heavy atom. The van der Waals surface area contributed by atoms with E-state index in [2.05, 4.69) is 0 Å². The van der Waals surface area contributed by atoms with Gasteiger partial charge in [-0.3, -0.25) is 0 Å². The molecule has 0 atom stereocenters. The Bertz CT molecular complexity index is 74.0. The lowest BCUT2D eigenvalue weighted by atomic mass is 10.5. The van der Waals surface area contributed by atoms with E-state index in [1.54, 1.807) is 0 Å². The highest BCUT2D eigenvalue weighted by molar-refractivity contribution is 4.35. The summed E-state index contributed by atoms with van der Waals surface area (Å²) in [5.41, 5.74) is 0. The van der Waals surface area contributed by atoms with Crippen LogP contribution in [0.4, 0.5) is 0 Å². The van der Waals surface area contributed by atoms with E-state index in [0.29, 0.717) is 19.3 Å². The van der Waals surface area contributed by atoms with Gasteiger partial charge in [0.25, 0.3) is 0 Å². The first-order valence-corrected chi connectivity index (χ1v) is 4.60. The molecule has 2 N–H and O–H groups in total. The molecule has 0 unspecified atom stereocenters. The number of aliphatic hydroxyl groups excluding tert-OH is 2. The smallest absolute Gasteiger partial charge is 0.0703 e. The zero-order valence-electron chi connectivity index (χ0n) is 8.82. The van der Waals surface area contributed by atoms with E-state index >= 15 is 0 Å². The maximum Gasteiger partial charge on any atom is 0.0703 e. The van der Waals surface area contributed by atoms with E-state index in [-0.39, 0.29) is 13.2 Å². The van der Waals surface area contributed by atoms with Crippen molar-refractivity contribution < 1.29 is 19.7 Å². The topological polar surface area (TPSA) is 58.9 Å². The van der Waals surface area contributed by atoms with Crippen LogP contribution in [0.25, 0.3) is 0 Å². The SMILES string of the molecule is CCOCCOC(C)C.OCCO. The lowest BCUT2D eigenvalue weighted by molar-refractivity contribution is 0.0230. The fourth-order valence-corrected chi connectivity index (χ4v) is 0.487. The molecule has 82 valence electrons. The van der Waals surface area contributed by atoms with Crippen molar-refractivity contribution in [1.82, 2.24) is 0 Å². The normalized spacial score (nSPS) is 9.69. The van der Waals surface area contributed by atoms with Crippen molar-refractivity contribution in [2.75, 3.05) is 33.0 Å². The molecule has 0 spiro atoms. The van der Waals surface area contributed by atoms with Crippen LogP contribution in [0, 0.1) is 0 Å². The summed E-state index contributed by atoms with van der Waals surface area (Å²) in [4.78, 5) is 0. The summed E-state index contributed by atoms with van der Waals surface area (Å²) >= 11 is 0. The van der Waals surface area contributed by atoms with Crippen LogP contribution in [-0.2, 0) is 9.47 Å². The molecule has 0 saturated heterocycles. The van der Waals surface area contributed by atoms with Crippen LogP contribution in [-0.4, -0.2) is 49.4 Å². The number of hydrogen-bond donors (Lipinski definition) is 2. The van der Waals surface area contributed by atoms with Crippen LogP contribution < -0.4 is 0 Å². The third-order valence-corrected chi connectivity index (χ3v) is 0.983. The van der Waals surface area contributed by atoms with Gasteiger partial charge in [0.05, 0.1) is 32.5 Å². The maximum atomic E-state index is 7.62. The van der Waals surface area contributed by atoms with Gasteiger partial charge < -0.3 is 19.7 Å². The highest BCUT2D eigenvalue weighted by Gasteiger charge is 1.90. The molecule has 0 amide bonds. The quantitative estimate of drug-likeness (QED) is 0.602. The van der Waals surface area contributed by atoms with Crippen LogP contribution >= 0.6 is 0 Å². The van der Waals surface area contributed by atoms with Crippen molar-refractivity contribution in [2.45, 2.75) is 26.9 Å². The summed E-state index contributed by atoms with van der Waals surface area (Å²) in [6.45, 7) is 7.98. The fourth-order valence-electron chi connectivity index (χ4n) is 0.487. The predicted molar refractivity (Wildman–Crippen MR) is 51.8 cm³/mol. The van der Waals surface area contributed by atoms with Crippen molar-refractivity contribution in [1.29, 1.82) is 0 Å². The van der Waals surface area contributed by atoms with Crippen LogP contribution in [0.3, 0.4) is 0 Å². The molecule has 0 aliphatic rings. The molecule has 0 aromatic heterocycles. The van der Waals surface area contributed by atoms with Crippen LogP contribution in [0.2, 0.25) is 0 Å². The lowest BCUT2D eigenvalue weighted by Crippen LogP contribution is -2.09. The summed E-state index contributed by atoms with van der Waals surface area (Å²) in [7, 11) is 0. The minimum atomic E-state index is -0.125. The molecule has 0 bridgehead atoms. The summed E-state index contributed by atoms with van der Waals surface area (Å²) in [6.07, 6.45) is 0.324. The van der Waals surface area contributed by atoms with E-state index in [0.717, 1.165) is 6.61 Å². The average Bonchev–Trinajstić information content (AvgIpc) is 2.13. The van der Waals surface area contributed by atoms with E-state index < -0.39 is 0 Å². The predicted octanol–water partition coefficient (Wildman–Crippen LogP) is 0.419. The van der Waals surface area contributed by atoms with Crippen molar-refractivity contribution in [3.8, 4) is 0 Å². The molecule has 0 aliphatic carbocycles. The Labute approximate surface area is 80.5 Å². The molecule has 0 aliphatic heterocycles. The van der Waals surface area contributed by atoms with E-state index in [4.69, 9.17) is 19.7 Å². The molecule has 0 saturated carbocycles. The second-order valence-corrected chi connectivity index (χ2v) is 2.56. The second-order valence-electron chi connectivity index (χ2n) is 2.56. The van der Waals surface area contributed by atoms with E-state index in [1.807, 2.05) is 20.8 Å². The number of aliphatic hydroxyl groups is 2. The Kier molecular flexibility index (Phi) is 16.9. The van der Waals surface area contributed by atoms with Gasteiger partial charge in [-0.1, -0.05) is 0 Å². The second kappa shape index (κ2) is 14.4. The third-order valence-electron chi connectivity index (χ3n) is 0.983. The zero-order valence-corrected chi connectivity index (χ0v) is 8.82. The summed E-state index contributed by atoms with van der Waals surface area (Å²) in [5.74, 6) is 0. The largest absolute Gasteiger partial charge is 0.394 e. The highest BCUT2D eigenvalue weighted by Crippen LogP contribution is 1.86. The molecule has 0 heterocycles. The van der Waals surface area contributed by atoms with Gasteiger partial charge >= 0.3 is 0 Å². The number of hydrogen-bond acceptors (Lipinski definition) is 4. The molecule has 0 aromatic carbocycles. The first-order valence-electron chi connectivity index (χ1n) is 4.60. The van der Waals surface area contributed by atoms with Gasteiger partial charge in [0.2, 0.25) is 0 Å². The highest BCUT2D eigenvalue weighted by atomic mass is 16.5. The molecule has 0 aromatic rings. The monoisotopic (exact) mass is 194 g/mol. The van der Waals surface area contributed by atoms with Crippen LogP contribution in [0.15, 0.2) is 0 Å². The minimum Gasteiger partial charge on any atom is -0.394 e. The van der Waals surface area contributed by atoms with Gasteiger partial charge in [-0.2, -0.15) is 0 Å². The summed E-state index contributed by atoms with van der Waals surface area (Å²) < 4.78 is 10.3. The lowest BCUT2D eigenvalue weighted by Gasteiger charge is -2.05. The molecular formula is C9H22O4. The molecule has 0 radical (unpaired) electrons. The fraction of sp³-hybridized carbons (Fsp3) is 1.00. The van der Waals surface area contributed by atoms with Gasteiger partial charge in [0.1, 0.15) is 0 Å². The average molecular weight is 194 g/mol. The van der Waals surface area contributed by atoms with Crippen LogP contribution in [0.5, 0.6) is 0 Å². The van der Waals surface area contributed by atoms with E-state index in [1.165, 1.54) is 0 Å².